The van der Waals surface area contributed by atoms with Crippen molar-refractivity contribution in [3.8, 4) is 0 Å². The van der Waals surface area contributed by atoms with Crippen LogP contribution in [-0.2, 0) is 19.4 Å². The molecule has 0 spiro atoms. The first-order valence-electron chi connectivity index (χ1n) is 8.49. The van der Waals surface area contributed by atoms with Gasteiger partial charge in [0.25, 0.3) is 0 Å². The molecule has 1 N–H and O–H groups in total. The minimum atomic E-state index is 0.602. The molecule has 3 nitrogen and oxygen atoms in total. The molecule has 1 aromatic heterocycles. The van der Waals surface area contributed by atoms with Crippen molar-refractivity contribution in [3.05, 3.63) is 17.5 Å². The number of nitrogens with one attached hydrogen (secondary N) is 1. The molecular formula is C17H31N3. The molecule has 0 bridgehead atoms. The van der Waals surface area contributed by atoms with Crippen molar-refractivity contribution < 1.29 is 0 Å². The Kier molecular flexibility index (Phi) is 6.08. The van der Waals surface area contributed by atoms with Crippen molar-refractivity contribution in [2.45, 2.75) is 77.8 Å². The zero-order valence-electron chi connectivity index (χ0n) is 13.5. The third kappa shape index (κ3) is 4.08. The molecular weight excluding hydrogens is 246 g/mol. The summed E-state index contributed by atoms with van der Waals surface area (Å²) in [6.07, 6.45) is 10.7. The molecule has 1 aliphatic rings. The van der Waals surface area contributed by atoms with Crippen LogP contribution in [0.25, 0.3) is 0 Å². The van der Waals surface area contributed by atoms with E-state index < -0.39 is 0 Å². The molecule has 0 aliphatic heterocycles. The summed E-state index contributed by atoms with van der Waals surface area (Å²) >= 11 is 0. The summed E-state index contributed by atoms with van der Waals surface area (Å²) in [4.78, 5) is 0. The molecule has 20 heavy (non-hydrogen) atoms. The molecule has 1 fully saturated rings. The predicted molar refractivity (Wildman–Crippen MR) is 85.0 cm³/mol. The molecule has 2 rings (SSSR count). The number of aromatic nitrogens is 2. The fourth-order valence-corrected chi connectivity index (χ4v) is 3.51. The zero-order chi connectivity index (χ0) is 14.4. The van der Waals surface area contributed by atoms with Crippen LogP contribution >= 0.6 is 0 Å². The fourth-order valence-electron chi connectivity index (χ4n) is 3.51. The maximum atomic E-state index is 4.67. The average molecular weight is 277 g/mol. The molecule has 0 amide bonds. The molecule has 1 atom stereocenters. The highest BCUT2D eigenvalue weighted by molar-refractivity contribution is 5.12. The second kappa shape index (κ2) is 7.82. The lowest BCUT2D eigenvalue weighted by atomic mass is 9.84. The Morgan fingerprint density at radius 2 is 2.05 bits per heavy atom. The Morgan fingerprint density at radius 1 is 1.30 bits per heavy atom. The third-order valence-electron chi connectivity index (χ3n) is 4.78. The molecule has 0 radical (unpaired) electrons. The van der Waals surface area contributed by atoms with E-state index in [2.05, 4.69) is 42.1 Å². The number of aryl methyl sites for hydroxylation is 2. The fraction of sp³-hybridized carbons (Fsp3) is 0.824. The van der Waals surface area contributed by atoms with Crippen molar-refractivity contribution >= 4 is 0 Å². The second-order valence-electron chi connectivity index (χ2n) is 6.23. The summed E-state index contributed by atoms with van der Waals surface area (Å²) in [5.41, 5.74) is 2.63. The van der Waals surface area contributed by atoms with E-state index in [1.54, 1.807) is 0 Å². The van der Waals surface area contributed by atoms with Gasteiger partial charge in [-0.2, -0.15) is 5.10 Å². The highest BCUT2D eigenvalue weighted by atomic mass is 15.3. The van der Waals surface area contributed by atoms with E-state index in [0.29, 0.717) is 6.04 Å². The maximum Gasteiger partial charge on any atom is 0.0624 e. The standard InChI is InChI=1S/C17H31N3/c1-4-15-12-17(20(5-2)19-15)13-16(18-3)11-14-9-7-6-8-10-14/h12,14,16,18H,4-11,13H2,1-3H3. The summed E-state index contributed by atoms with van der Waals surface area (Å²) in [6, 6.07) is 2.90. The minimum Gasteiger partial charge on any atom is -0.317 e. The second-order valence-corrected chi connectivity index (χ2v) is 6.23. The van der Waals surface area contributed by atoms with Crippen LogP contribution in [0.1, 0.15) is 63.8 Å². The summed E-state index contributed by atoms with van der Waals surface area (Å²) in [5, 5.41) is 8.21. The van der Waals surface area contributed by atoms with E-state index in [9.17, 15) is 0 Å². The van der Waals surface area contributed by atoms with Gasteiger partial charge in [-0.3, -0.25) is 4.68 Å². The molecule has 0 aromatic carbocycles. The topological polar surface area (TPSA) is 29.9 Å². The number of nitrogens with zero attached hydrogens (tertiary/aromatic N) is 2. The first-order valence-corrected chi connectivity index (χ1v) is 8.49. The van der Waals surface area contributed by atoms with E-state index in [1.165, 1.54) is 49.9 Å². The van der Waals surface area contributed by atoms with Crippen LogP contribution in [0.5, 0.6) is 0 Å². The summed E-state index contributed by atoms with van der Waals surface area (Å²) in [5.74, 6) is 0.935. The number of likely N-dealkylation sites (N-methyl/N-ethyl adjacent to an activating group) is 1. The average Bonchev–Trinajstić information content (AvgIpc) is 2.89. The van der Waals surface area contributed by atoms with Gasteiger partial charge in [0.15, 0.2) is 0 Å². The first kappa shape index (κ1) is 15.6. The Balaban J connectivity index is 1.96. The number of rotatable bonds is 7. The van der Waals surface area contributed by atoms with Gasteiger partial charge < -0.3 is 5.32 Å². The van der Waals surface area contributed by atoms with Crippen LogP contribution in [0.3, 0.4) is 0 Å². The van der Waals surface area contributed by atoms with E-state index in [1.807, 2.05) is 0 Å². The van der Waals surface area contributed by atoms with Crippen molar-refractivity contribution in [1.29, 1.82) is 0 Å². The van der Waals surface area contributed by atoms with E-state index in [0.717, 1.165) is 25.3 Å². The van der Waals surface area contributed by atoms with Crippen LogP contribution in [-0.4, -0.2) is 22.9 Å². The van der Waals surface area contributed by atoms with Crippen LogP contribution < -0.4 is 5.32 Å². The first-order chi connectivity index (χ1) is 9.76. The Morgan fingerprint density at radius 3 is 2.65 bits per heavy atom. The molecule has 1 saturated carbocycles. The highest BCUT2D eigenvalue weighted by Gasteiger charge is 2.19. The lowest BCUT2D eigenvalue weighted by molar-refractivity contribution is 0.301. The predicted octanol–water partition coefficient (Wildman–Crippen LogP) is 3.57. The van der Waals surface area contributed by atoms with E-state index >= 15 is 0 Å². The SMILES string of the molecule is CCc1cc(CC(CC2CCCCC2)NC)n(CC)n1. The van der Waals surface area contributed by atoms with Gasteiger partial charge in [-0.1, -0.05) is 39.0 Å². The summed E-state index contributed by atoms with van der Waals surface area (Å²) in [7, 11) is 2.11. The molecule has 1 heterocycles. The van der Waals surface area contributed by atoms with Crippen LogP contribution in [0, 0.1) is 5.92 Å². The molecule has 1 aromatic rings. The van der Waals surface area contributed by atoms with Gasteiger partial charge in [-0.25, -0.2) is 0 Å². The van der Waals surface area contributed by atoms with Crippen LogP contribution in [0.15, 0.2) is 6.07 Å². The maximum absolute atomic E-state index is 4.67. The van der Waals surface area contributed by atoms with Gasteiger partial charge in [0, 0.05) is 24.7 Å². The Hall–Kier alpha value is -0.830. The van der Waals surface area contributed by atoms with Crippen molar-refractivity contribution in [1.82, 2.24) is 15.1 Å². The van der Waals surface area contributed by atoms with Gasteiger partial charge in [0.1, 0.15) is 0 Å². The Bertz CT molecular complexity index is 391. The Labute approximate surface area is 124 Å². The zero-order valence-corrected chi connectivity index (χ0v) is 13.5. The van der Waals surface area contributed by atoms with E-state index in [-0.39, 0.29) is 0 Å². The minimum absolute atomic E-state index is 0.602. The normalized spacial score (nSPS) is 18.4. The van der Waals surface area contributed by atoms with Crippen molar-refractivity contribution in [3.63, 3.8) is 0 Å². The molecule has 3 heteroatoms. The van der Waals surface area contributed by atoms with E-state index in [4.69, 9.17) is 0 Å². The van der Waals surface area contributed by atoms with Gasteiger partial charge >= 0.3 is 0 Å². The smallest absolute Gasteiger partial charge is 0.0624 e. The van der Waals surface area contributed by atoms with Crippen LogP contribution in [0.2, 0.25) is 0 Å². The third-order valence-corrected chi connectivity index (χ3v) is 4.78. The summed E-state index contributed by atoms with van der Waals surface area (Å²) < 4.78 is 2.18. The molecule has 0 saturated heterocycles. The monoisotopic (exact) mass is 277 g/mol. The van der Waals surface area contributed by atoms with Crippen LogP contribution in [0.4, 0.5) is 0 Å². The van der Waals surface area contributed by atoms with Gasteiger partial charge in [-0.15, -0.1) is 0 Å². The largest absolute Gasteiger partial charge is 0.317 e. The van der Waals surface area contributed by atoms with Gasteiger partial charge in [0.05, 0.1) is 5.69 Å². The van der Waals surface area contributed by atoms with Crippen molar-refractivity contribution in [2.24, 2.45) is 5.92 Å². The quantitative estimate of drug-likeness (QED) is 0.826. The van der Waals surface area contributed by atoms with Gasteiger partial charge in [0.2, 0.25) is 0 Å². The lowest BCUT2D eigenvalue weighted by Crippen LogP contribution is -2.31. The number of hydrogen-bond acceptors (Lipinski definition) is 2. The molecule has 114 valence electrons. The van der Waals surface area contributed by atoms with Crippen molar-refractivity contribution in [2.75, 3.05) is 7.05 Å². The lowest BCUT2D eigenvalue weighted by Gasteiger charge is -2.26. The summed E-state index contributed by atoms with van der Waals surface area (Å²) in [6.45, 7) is 5.35. The van der Waals surface area contributed by atoms with Gasteiger partial charge in [-0.05, 0) is 38.8 Å². The molecule has 1 unspecified atom stereocenters. The molecule has 1 aliphatic carbocycles. The highest BCUT2D eigenvalue weighted by Crippen LogP contribution is 2.28. The number of hydrogen-bond donors (Lipinski definition) is 1.